The SMILES string of the molecule is CC(C)Cc1cc(-c2[c-]cc3ccccc3c2)ncc1[Si](C)(C)C.Cc1cccc(C)c1-c1ccc2c(n1)oc1c(-c3nc4cc(C(C)C)ncc4n3Cc3ccccc3)[c-]ccc12.[Ir]. The van der Waals surface area contributed by atoms with Gasteiger partial charge < -0.3 is 14.0 Å². The quantitative estimate of drug-likeness (QED) is 0.106. The summed E-state index contributed by atoms with van der Waals surface area (Å²) >= 11 is 0. The van der Waals surface area contributed by atoms with E-state index >= 15 is 0 Å². The van der Waals surface area contributed by atoms with Crippen molar-refractivity contribution in [2.75, 3.05) is 0 Å². The zero-order valence-electron chi connectivity index (χ0n) is 38.7. The fraction of sp³-hybridized carbons (Fsp3) is 0.228. The second-order valence-corrected chi connectivity index (χ2v) is 23.9. The fourth-order valence-electron chi connectivity index (χ4n) is 8.82. The Morgan fingerprint density at radius 1 is 0.708 bits per heavy atom. The molecule has 0 saturated carbocycles. The van der Waals surface area contributed by atoms with Gasteiger partial charge in [-0.1, -0.05) is 148 Å². The molecule has 0 fully saturated rings. The molecule has 0 aliphatic carbocycles. The maximum Gasteiger partial charge on any atom is 0.216 e. The maximum absolute atomic E-state index is 6.53. The zero-order chi connectivity index (χ0) is 44.7. The molecule has 0 saturated heterocycles. The van der Waals surface area contributed by atoms with Crippen LogP contribution < -0.4 is 5.19 Å². The van der Waals surface area contributed by atoms with Crippen LogP contribution in [0.15, 0.2) is 138 Å². The summed E-state index contributed by atoms with van der Waals surface area (Å²) in [7, 11) is -1.38. The molecule has 10 aromatic rings. The first kappa shape index (κ1) is 45.5. The van der Waals surface area contributed by atoms with Crippen molar-refractivity contribution < 1.29 is 24.5 Å². The Morgan fingerprint density at radius 2 is 1.45 bits per heavy atom. The van der Waals surface area contributed by atoms with Crippen molar-refractivity contribution >= 4 is 57.1 Å². The van der Waals surface area contributed by atoms with E-state index in [1.165, 1.54) is 38.2 Å². The summed E-state index contributed by atoms with van der Waals surface area (Å²) in [6.07, 6.45) is 5.19. The maximum atomic E-state index is 6.53. The van der Waals surface area contributed by atoms with Gasteiger partial charge in [0.1, 0.15) is 0 Å². The second kappa shape index (κ2) is 18.8. The monoisotopic (exact) mass is 1050 g/mol. The Kier molecular flexibility index (Phi) is 13.2. The summed E-state index contributed by atoms with van der Waals surface area (Å²) < 4.78 is 8.75. The molecule has 10 rings (SSSR count). The first-order valence-electron chi connectivity index (χ1n) is 22.4. The van der Waals surface area contributed by atoms with E-state index in [0.29, 0.717) is 24.1 Å². The van der Waals surface area contributed by atoms with E-state index < -0.39 is 8.07 Å². The van der Waals surface area contributed by atoms with Crippen LogP contribution >= 0.6 is 0 Å². The van der Waals surface area contributed by atoms with Crippen LogP contribution in [-0.4, -0.2) is 32.6 Å². The average Bonchev–Trinajstić information content (AvgIpc) is 3.83. The Balaban J connectivity index is 0.000000198. The number of fused-ring (bicyclic) bond motifs is 5. The number of imidazole rings is 1. The van der Waals surface area contributed by atoms with Crippen LogP contribution in [0.1, 0.15) is 61.6 Å². The Bertz CT molecular complexity index is 3290. The molecular weight excluding hydrogens is 991 g/mol. The number of nitrogens with zero attached hydrogens (tertiary/aromatic N) is 5. The molecule has 5 heterocycles. The number of benzene rings is 5. The van der Waals surface area contributed by atoms with E-state index in [-0.39, 0.29) is 20.1 Å². The van der Waals surface area contributed by atoms with Crippen molar-refractivity contribution in [1.29, 1.82) is 0 Å². The van der Waals surface area contributed by atoms with E-state index in [2.05, 4.69) is 187 Å². The molecule has 0 amide bonds. The molecule has 0 N–H and O–H groups in total. The predicted molar refractivity (Wildman–Crippen MR) is 269 cm³/mol. The van der Waals surface area contributed by atoms with E-state index in [1.807, 2.05) is 24.4 Å². The van der Waals surface area contributed by atoms with Crippen LogP contribution in [0.5, 0.6) is 0 Å². The zero-order valence-corrected chi connectivity index (χ0v) is 42.1. The Labute approximate surface area is 397 Å². The van der Waals surface area contributed by atoms with Crippen LogP contribution in [-0.2, 0) is 33.1 Å². The summed E-state index contributed by atoms with van der Waals surface area (Å²) in [5, 5.41) is 5.94. The molecule has 0 aliphatic rings. The number of furan rings is 1. The summed E-state index contributed by atoms with van der Waals surface area (Å²) in [6.45, 7) is 21.0. The number of pyridine rings is 3. The van der Waals surface area contributed by atoms with Gasteiger partial charge in [-0.3, -0.25) is 9.97 Å². The van der Waals surface area contributed by atoms with Gasteiger partial charge in [0.05, 0.1) is 42.4 Å². The topological polar surface area (TPSA) is 69.6 Å². The van der Waals surface area contributed by atoms with Gasteiger partial charge in [-0.15, -0.1) is 47.3 Å². The predicted octanol–water partition coefficient (Wildman–Crippen LogP) is 14.1. The third-order valence-electron chi connectivity index (χ3n) is 12.1. The number of hydrogen-bond acceptors (Lipinski definition) is 5. The number of hydrogen-bond donors (Lipinski definition) is 0. The minimum absolute atomic E-state index is 0. The minimum atomic E-state index is -1.38. The van der Waals surface area contributed by atoms with Crippen molar-refractivity contribution in [3.8, 4) is 33.9 Å². The molecule has 6 nitrogen and oxygen atoms in total. The normalized spacial score (nSPS) is 11.7. The van der Waals surface area contributed by atoms with E-state index in [0.717, 1.165) is 73.4 Å². The molecule has 0 unspecified atom stereocenters. The molecule has 0 spiro atoms. The number of rotatable bonds is 9. The van der Waals surface area contributed by atoms with Gasteiger partial charge in [0, 0.05) is 49.5 Å². The second-order valence-electron chi connectivity index (χ2n) is 18.8. The van der Waals surface area contributed by atoms with Gasteiger partial charge in [-0.2, -0.15) is 0 Å². The van der Waals surface area contributed by atoms with Gasteiger partial charge in [0.2, 0.25) is 5.71 Å². The van der Waals surface area contributed by atoms with E-state index in [1.54, 1.807) is 0 Å². The summed E-state index contributed by atoms with van der Waals surface area (Å²) in [5.41, 5.74) is 14.3. The molecule has 1 radical (unpaired) electrons. The molecule has 5 aromatic heterocycles. The van der Waals surface area contributed by atoms with Crippen molar-refractivity contribution in [3.05, 3.63) is 174 Å². The average molecular weight is 1050 g/mol. The van der Waals surface area contributed by atoms with Crippen molar-refractivity contribution in [2.24, 2.45) is 5.92 Å². The van der Waals surface area contributed by atoms with Crippen molar-refractivity contribution in [1.82, 2.24) is 24.5 Å². The molecule has 0 atom stereocenters. The minimum Gasteiger partial charge on any atom is -0.486 e. The van der Waals surface area contributed by atoms with Crippen LogP contribution in [0.3, 0.4) is 0 Å². The third-order valence-corrected chi connectivity index (χ3v) is 14.1. The summed E-state index contributed by atoms with van der Waals surface area (Å²) in [6, 6.07) is 48.9. The van der Waals surface area contributed by atoms with Crippen LogP contribution in [0, 0.1) is 31.9 Å². The van der Waals surface area contributed by atoms with Crippen LogP contribution in [0.2, 0.25) is 19.6 Å². The van der Waals surface area contributed by atoms with Crippen LogP contribution in [0.4, 0.5) is 0 Å². The fourth-order valence-corrected chi connectivity index (χ4v) is 10.4. The number of aryl methyl sites for hydroxylation is 2. The molecule has 65 heavy (non-hydrogen) atoms. The van der Waals surface area contributed by atoms with Gasteiger partial charge in [-0.25, -0.2) is 4.98 Å². The summed E-state index contributed by atoms with van der Waals surface area (Å²) in [5.74, 6) is 1.77. The first-order chi connectivity index (χ1) is 30.8. The van der Waals surface area contributed by atoms with Crippen molar-refractivity contribution in [2.45, 2.75) is 80.1 Å². The molecule has 0 aliphatic heterocycles. The van der Waals surface area contributed by atoms with E-state index in [9.17, 15) is 0 Å². The molecular formula is C57H55IrN5OSi-2. The Morgan fingerprint density at radius 3 is 2.17 bits per heavy atom. The van der Waals surface area contributed by atoms with E-state index in [4.69, 9.17) is 24.4 Å². The van der Waals surface area contributed by atoms with Gasteiger partial charge in [-0.05, 0) is 77.9 Å². The standard InChI is InChI=1S/C35H29N4O.C22H26NSi.Ir/c1-21(2)29-18-30-31(19-36-29)39(20-24-12-6-5-7-13-24)34(37-30)27-15-9-14-25-26-16-17-28(38-35(26)40-33(25)27)32-22(3)10-8-11-23(32)4;1-16(2)12-20-14-21(23-15-22(20)24(3,4)5)19-11-10-17-8-6-7-9-18(17)13-19;/h5-14,16-19,21H,20H2,1-4H3;6-10,13-16H,12H2,1-5H3;/q2*-1;. The molecule has 329 valence electrons. The molecule has 8 heteroatoms. The number of aromatic nitrogens is 5. The first-order valence-corrected chi connectivity index (χ1v) is 25.9. The van der Waals surface area contributed by atoms with Gasteiger partial charge in [0.15, 0.2) is 0 Å². The van der Waals surface area contributed by atoms with Gasteiger partial charge >= 0.3 is 0 Å². The van der Waals surface area contributed by atoms with Crippen molar-refractivity contribution in [3.63, 3.8) is 0 Å². The molecule has 5 aromatic carbocycles. The third kappa shape index (κ3) is 9.39. The summed E-state index contributed by atoms with van der Waals surface area (Å²) in [4.78, 5) is 19.7. The Hall–Kier alpha value is -6.05. The molecule has 0 bridgehead atoms. The van der Waals surface area contributed by atoms with Gasteiger partial charge in [0.25, 0.3) is 0 Å². The van der Waals surface area contributed by atoms with Crippen LogP contribution in [0.25, 0.3) is 77.8 Å². The largest absolute Gasteiger partial charge is 0.486 e. The smallest absolute Gasteiger partial charge is 0.216 e.